The third kappa shape index (κ3) is 8.06. The zero-order valence-electron chi connectivity index (χ0n) is 22.0. The molecule has 0 bridgehead atoms. The SMILES string of the molecule is CN(C)C(=O)Oc1ccc(C[C@H](NC(=O)[C@@H]2CCC(=O)N2Cc2ccccc2)C(=O)OC(C)(C)C)cc1. The van der Waals surface area contributed by atoms with E-state index < -0.39 is 35.7 Å². The molecule has 1 saturated heterocycles. The largest absolute Gasteiger partial charge is 0.458 e. The molecule has 37 heavy (non-hydrogen) atoms. The molecule has 9 heteroatoms. The number of amides is 3. The molecule has 198 valence electrons. The van der Waals surface area contributed by atoms with E-state index in [1.54, 1.807) is 64.0 Å². The molecular formula is C28H35N3O6. The fourth-order valence-corrected chi connectivity index (χ4v) is 3.94. The van der Waals surface area contributed by atoms with E-state index >= 15 is 0 Å². The zero-order chi connectivity index (χ0) is 27.2. The second-order valence-electron chi connectivity index (χ2n) is 10.3. The molecule has 0 radical (unpaired) electrons. The van der Waals surface area contributed by atoms with Crippen LogP contribution in [0.1, 0.15) is 44.7 Å². The first-order valence-corrected chi connectivity index (χ1v) is 12.3. The Hall–Kier alpha value is -3.88. The second kappa shape index (κ2) is 11.9. The Morgan fingerprint density at radius 2 is 1.68 bits per heavy atom. The van der Waals surface area contributed by atoms with E-state index in [0.717, 1.165) is 11.1 Å². The van der Waals surface area contributed by atoms with Crippen molar-refractivity contribution in [1.29, 1.82) is 0 Å². The van der Waals surface area contributed by atoms with Crippen molar-refractivity contribution in [2.75, 3.05) is 14.1 Å². The van der Waals surface area contributed by atoms with E-state index in [-0.39, 0.29) is 18.7 Å². The summed E-state index contributed by atoms with van der Waals surface area (Å²) in [4.78, 5) is 53.6. The average molecular weight is 510 g/mol. The maximum atomic E-state index is 13.3. The van der Waals surface area contributed by atoms with Gasteiger partial charge in [0.05, 0.1) is 0 Å². The fraction of sp³-hybridized carbons (Fsp3) is 0.429. The molecule has 2 aromatic carbocycles. The van der Waals surface area contributed by atoms with Crippen LogP contribution in [0.5, 0.6) is 5.75 Å². The number of carbonyl (C=O) groups is 4. The lowest BCUT2D eigenvalue weighted by molar-refractivity contribution is -0.159. The van der Waals surface area contributed by atoms with Gasteiger partial charge in [-0.1, -0.05) is 42.5 Å². The van der Waals surface area contributed by atoms with Gasteiger partial charge in [-0.05, 0) is 50.5 Å². The van der Waals surface area contributed by atoms with Crippen LogP contribution in [0.4, 0.5) is 4.79 Å². The third-order valence-electron chi connectivity index (χ3n) is 5.77. The molecule has 1 aliphatic rings. The second-order valence-corrected chi connectivity index (χ2v) is 10.3. The fourth-order valence-electron chi connectivity index (χ4n) is 3.94. The van der Waals surface area contributed by atoms with Crippen LogP contribution in [0, 0.1) is 0 Å². The molecule has 0 unspecified atom stereocenters. The van der Waals surface area contributed by atoms with Gasteiger partial charge in [0.25, 0.3) is 0 Å². The molecule has 0 aromatic heterocycles. The summed E-state index contributed by atoms with van der Waals surface area (Å²) in [6.07, 6.45) is 0.319. The molecule has 9 nitrogen and oxygen atoms in total. The standard InChI is InChI=1S/C28H35N3O6/c1-28(2,3)37-26(34)22(17-19-11-13-21(14-12-19)36-27(35)30(4)5)29-25(33)23-15-16-24(32)31(23)18-20-9-7-6-8-10-20/h6-14,22-23H,15-18H2,1-5H3,(H,29,33)/t22-,23-/m0/s1. The van der Waals surface area contributed by atoms with Crippen molar-refractivity contribution in [3.05, 3.63) is 65.7 Å². The monoisotopic (exact) mass is 509 g/mol. The third-order valence-corrected chi connectivity index (χ3v) is 5.77. The van der Waals surface area contributed by atoms with Gasteiger partial charge in [0.2, 0.25) is 11.8 Å². The predicted molar refractivity (Wildman–Crippen MR) is 138 cm³/mol. The lowest BCUT2D eigenvalue weighted by Crippen LogP contribution is -2.52. The lowest BCUT2D eigenvalue weighted by Gasteiger charge is -2.28. The Balaban J connectivity index is 1.74. The topological polar surface area (TPSA) is 105 Å². The predicted octanol–water partition coefficient (Wildman–Crippen LogP) is 3.31. The van der Waals surface area contributed by atoms with Gasteiger partial charge in [0, 0.05) is 33.5 Å². The molecule has 3 rings (SSSR count). The Labute approximate surface area is 217 Å². The average Bonchev–Trinajstić information content (AvgIpc) is 3.19. The van der Waals surface area contributed by atoms with Crippen molar-refractivity contribution in [2.45, 2.75) is 64.3 Å². The number of nitrogens with one attached hydrogen (secondary N) is 1. The number of benzene rings is 2. The Kier molecular flexibility index (Phi) is 8.91. The minimum Gasteiger partial charge on any atom is -0.458 e. The smallest absolute Gasteiger partial charge is 0.414 e. The summed E-state index contributed by atoms with van der Waals surface area (Å²) in [5.74, 6) is -0.695. The van der Waals surface area contributed by atoms with Gasteiger partial charge in [-0.3, -0.25) is 9.59 Å². The number of carbonyl (C=O) groups excluding carboxylic acids is 4. The molecule has 0 saturated carbocycles. The number of ether oxygens (including phenoxy) is 2. The van der Waals surface area contributed by atoms with E-state index in [0.29, 0.717) is 18.7 Å². The molecule has 0 aliphatic carbocycles. The summed E-state index contributed by atoms with van der Waals surface area (Å²) in [6, 6.07) is 14.5. The van der Waals surface area contributed by atoms with Gasteiger partial charge in [0.1, 0.15) is 23.4 Å². The number of likely N-dealkylation sites (tertiary alicyclic amines) is 1. The number of nitrogens with zero attached hydrogens (tertiary/aromatic N) is 2. The molecule has 3 amide bonds. The molecule has 2 aromatic rings. The van der Waals surface area contributed by atoms with E-state index in [4.69, 9.17) is 9.47 Å². The van der Waals surface area contributed by atoms with E-state index in [2.05, 4.69) is 5.32 Å². The van der Waals surface area contributed by atoms with Crippen molar-refractivity contribution in [3.63, 3.8) is 0 Å². The number of rotatable bonds is 8. The van der Waals surface area contributed by atoms with Gasteiger partial charge in [-0.2, -0.15) is 0 Å². The van der Waals surface area contributed by atoms with Crippen LogP contribution in [0.3, 0.4) is 0 Å². The maximum Gasteiger partial charge on any atom is 0.414 e. The number of esters is 1. The van der Waals surface area contributed by atoms with Gasteiger partial charge < -0.3 is 24.6 Å². The van der Waals surface area contributed by atoms with E-state index in [9.17, 15) is 19.2 Å². The van der Waals surface area contributed by atoms with E-state index in [1.165, 1.54) is 4.90 Å². The van der Waals surface area contributed by atoms with Gasteiger partial charge >= 0.3 is 12.1 Å². The van der Waals surface area contributed by atoms with Crippen molar-refractivity contribution < 1.29 is 28.7 Å². The van der Waals surface area contributed by atoms with Gasteiger partial charge in [-0.15, -0.1) is 0 Å². The van der Waals surface area contributed by atoms with Crippen LogP contribution in [-0.4, -0.2) is 65.5 Å². The molecular weight excluding hydrogens is 474 g/mol. The molecule has 1 fully saturated rings. The van der Waals surface area contributed by atoms with E-state index in [1.807, 2.05) is 30.3 Å². The highest BCUT2D eigenvalue weighted by Gasteiger charge is 2.38. The van der Waals surface area contributed by atoms with Crippen LogP contribution in [-0.2, 0) is 32.1 Å². The van der Waals surface area contributed by atoms with Crippen molar-refractivity contribution in [1.82, 2.24) is 15.1 Å². The molecule has 2 atom stereocenters. The highest BCUT2D eigenvalue weighted by Crippen LogP contribution is 2.23. The summed E-state index contributed by atoms with van der Waals surface area (Å²) >= 11 is 0. The van der Waals surface area contributed by atoms with Crippen molar-refractivity contribution >= 4 is 23.9 Å². The zero-order valence-corrected chi connectivity index (χ0v) is 22.0. The molecule has 1 N–H and O–H groups in total. The highest BCUT2D eigenvalue weighted by atomic mass is 16.6. The van der Waals surface area contributed by atoms with Crippen molar-refractivity contribution in [2.24, 2.45) is 0 Å². The molecule has 1 aliphatic heterocycles. The van der Waals surface area contributed by atoms with Gasteiger partial charge in [-0.25, -0.2) is 9.59 Å². The van der Waals surface area contributed by atoms with Crippen molar-refractivity contribution in [3.8, 4) is 5.75 Å². The van der Waals surface area contributed by atoms with Gasteiger partial charge in [0.15, 0.2) is 0 Å². The number of hydrogen-bond acceptors (Lipinski definition) is 6. The summed E-state index contributed by atoms with van der Waals surface area (Å²) < 4.78 is 10.8. The molecule has 1 heterocycles. The minimum absolute atomic E-state index is 0.0966. The summed E-state index contributed by atoms with van der Waals surface area (Å²) in [5, 5.41) is 2.83. The van der Waals surface area contributed by atoms with Crippen LogP contribution in [0.2, 0.25) is 0 Å². The van der Waals surface area contributed by atoms with Crippen LogP contribution in [0.25, 0.3) is 0 Å². The summed E-state index contributed by atoms with van der Waals surface area (Å²) in [7, 11) is 3.17. The molecule has 0 spiro atoms. The van der Waals surface area contributed by atoms with Crippen LogP contribution >= 0.6 is 0 Å². The Morgan fingerprint density at radius 3 is 2.27 bits per heavy atom. The maximum absolute atomic E-state index is 13.3. The summed E-state index contributed by atoms with van der Waals surface area (Å²) in [6.45, 7) is 5.60. The first kappa shape index (κ1) is 27.7. The first-order valence-electron chi connectivity index (χ1n) is 12.3. The minimum atomic E-state index is -0.962. The number of hydrogen-bond donors (Lipinski definition) is 1. The van der Waals surface area contributed by atoms with Crippen LogP contribution in [0.15, 0.2) is 54.6 Å². The van der Waals surface area contributed by atoms with Crippen LogP contribution < -0.4 is 10.1 Å². The quantitative estimate of drug-likeness (QED) is 0.548. The first-order chi connectivity index (χ1) is 17.4. The highest BCUT2D eigenvalue weighted by molar-refractivity contribution is 5.93. The Morgan fingerprint density at radius 1 is 1.03 bits per heavy atom. The summed E-state index contributed by atoms with van der Waals surface area (Å²) in [5.41, 5.74) is 0.922. The normalized spacial score (nSPS) is 16.2. The Bertz CT molecular complexity index is 1110. The lowest BCUT2D eigenvalue weighted by atomic mass is 10.0.